The van der Waals surface area contributed by atoms with Crippen molar-refractivity contribution in [2.75, 3.05) is 6.54 Å². The molecule has 5 heteroatoms. The SMILES string of the molecule is CC1CCC(O)(CNC2CCCC(C(F)(F)F)C2)CC1. The van der Waals surface area contributed by atoms with Gasteiger partial charge in [0.05, 0.1) is 11.5 Å². The van der Waals surface area contributed by atoms with E-state index in [1.54, 1.807) is 0 Å². The molecule has 2 aliphatic rings. The first-order valence-electron chi connectivity index (χ1n) is 7.81. The third kappa shape index (κ3) is 4.35. The summed E-state index contributed by atoms with van der Waals surface area (Å²) in [6.45, 7) is 2.62. The summed E-state index contributed by atoms with van der Waals surface area (Å²) in [6, 6.07) is -0.0984. The zero-order chi connectivity index (χ0) is 14.8. The monoisotopic (exact) mass is 293 g/mol. The maximum absolute atomic E-state index is 12.8. The Labute approximate surface area is 119 Å². The molecule has 0 bridgehead atoms. The topological polar surface area (TPSA) is 32.3 Å². The van der Waals surface area contributed by atoms with Crippen molar-refractivity contribution < 1.29 is 18.3 Å². The molecule has 0 aromatic rings. The number of rotatable bonds is 3. The molecule has 20 heavy (non-hydrogen) atoms. The lowest BCUT2D eigenvalue weighted by molar-refractivity contribution is -0.183. The fraction of sp³-hybridized carbons (Fsp3) is 1.00. The highest BCUT2D eigenvalue weighted by Crippen LogP contribution is 2.38. The van der Waals surface area contributed by atoms with Gasteiger partial charge in [0.1, 0.15) is 0 Å². The van der Waals surface area contributed by atoms with Gasteiger partial charge in [0.25, 0.3) is 0 Å². The Kier molecular flexibility index (Phi) is 5.00. The molecule has 0 spiro atoms. The maximum atomic E-state index is 12.8. The molecule has 118 valence electrons. The maximum Gasteiger partial charge on any atom is 0.391 e. The first-order valence-corrected chi connectivity index (χ1v) is 7.81. The highest BCUT2D eigenvalue weighted by Gasteiger charge is 2.42. The molecule has 0 aromatic carbocycles. The van der Waals surface area contributed by atoms with Crippen molar-refractivity contribution in [1.29, 1.82) is 0 Å². The van der Waals surface area contributed by atoms with E-state index >= 15 is 0 Å². The smallest absolute Gasteiger partial charge is 0.389 e. The number of nitrogens with one attached hydrogen (secondary N) is 1. The van der Waals surface area contributed by atoms with Gasteiger partial charge < -0.3 is 10.4 Å². The summed E-state index contributed by atoms with van der Waals surface area (Å²) in [5.74, 6) is -0.519. The molecule has 2 N–H and O–H groups in total. The molecule has 0 radical (unpaired) electrons. The van der Waals surface area contributed by atoms with Gasteiger partial charge >= 0.3 is 6.18 Å². The molecule has 0 heterocycles. The number of aliphatic hydroxyl groups is 1. The van der Waals surface area contributed by atoms with E-state index < -0.39 is 17.7 Å². The van der Waals surface area contributed by atoms with Crippen LogP contribution in [0, 0.1) is 11.8 Å². The molecule has 0 aliphatic heterocycles. The van der Waals surface area contributed by atoms with Crippen molar-refractivity contribution in [2.45, 2.75) is 76.1 Å². The number of halogens is 3. The minimum Gasteiger partial charge on any atom is -0.389 e. The van der Waals surface area contributed by atoms with Gasteiger partial charge in [-0.05, 0) is 50.9 Å². The predicted molar refractivity (Wildman–Crippen MR) is 72.4 cm³/mol. The molecule has 0 saturated heterocycles. The van der Waals surface area contributed by atoms with Crippen molar-refractivity contribution in [2.24, 2.45) is 11.8 Å². The summed E-state index contributed by atoms with van der Waals surface area (Å²) in [7, 11) is 0. The highest BCUT2D eigenvalue weighted by atomic mass is 19.4. The van der Waals surface area contributed by atoms with Crippen molar-refractivity contribution >= 4 is 0 Å². The fourth-order valence-electron chi connectivity index (χ4n) is 3.48. The van der Waals surface area contributed by atoms with E-state index in [1.807, 2.05) is 0 Å². The minimum absolute atomic E-state index is 0.0984. The van der Waals surface area contributed by atoms with E-state index in [0.717, 1.165) is 32.1 Å². The summed E-state index contributed by atoms with van der Waals surface area (Å²) < 4.78 is 38.3. The molecule has 2 saturated carbocycles. The lowest BCUT2D eigenvalue weighted by Crippen LogP contribution is -2.48. The molecule has 2 unspecified atom stereocenters. The van der Waals surface area contributed by atoms with Crippen LogP contribution < -0.4 is 5.32 Å². The van der Waals surface area contributed by atoms with Crippen LogP contribution in [-0.2, 0) is 0 Å². The lowest BCUT2D eigenvalue weighted by atomic mass is 9.79. The summed E-state index contributed by atoms with van der Waals surface area (Å²) in [5, 5.41) is 13.7. The zero-order valence-corrected chi connectivity index (χ0v) is 12.2. The average molecular weight is 293 g/mol. The van der Waals surface area contributed by atoms with Gasteiger partial charge in [-0.1, -0.05) is 13.3 Å². The average Bonchev–Trinajstić information content (AvgIpc) is 2.40. The van der Waals surface area contributed by atoms with Gasteiger partial charge in [-0.25, -0.2) is 0 Å². The Morgan fingerprint density at radius 3 is 2.40 bits per heavy atom. The standard InChI is InChI=1S/C15H26F3NO/c1-11-5-7-14(20,8-6-11)10-19-13-4-2-3-12(9-13)15(16,17)18/h11-13,19-20H,2-10H2,1H3. The fourth-order valence-corrected chi connectivity index (χ4v) is 3.48. The predicted octanol–water partition coefficient (Wildman–Crippen LogP) is 3.64. The first kappa shape index (κ1) is 16.1. The van der Waals surface area contributed by atoms with Crippen molar-refractivity contribution in [3.8, 4) is 0 Å². The molecular weight excluding hydrogens is 267 g/mol. The van der Waals surface area contributed by atoms with Crippen LogP contribution in [0.5, 0.6) is 0 Å². The number of alkyl halides is 3. The largest absolute Gasteiger partial charge is 0.391 e. The van der Waals surface area contributed by atoms with Crippen molar-refractivity contribution in [1.82, 2.24) is 5.32 Å². The van der Waals surface area contributed by atoms with E-state index in [-0.39, 0.29) is 18.9 Å². The second-order valence-electron chi connectivity index (χ2n) is 6.89. The van der Waals surface area contributed by atoms with Crippen molar-refractivity contribution in [3.63, 3.8) is 0 Å². The minimum atomic E-state index is -4.07. The van der Waals surface area contributed by atoms with Gasteiger partial charge in [0.15, 0.2) is 0 Å². The summed E-state index contributed by atoms with van der Waals surface area (Å²) in [5.41, 5.74) is -0.711. The van der Waals surface area contributed by atoms with Crippen LogP contribution in [-0.4, -0.2) is 29.5 Å². The third-order valence-electron chi connectivity index (χ3n) is 5.06. The van der Waals surface area contributed by atoms with E-state index in [0.29, 0.717) is 18.9 Å². The molecule has 2 fully saturated rings. The molecule has 2 atom stereocenters. The van der Waals surface area contributed by atoms with Gasteiger partial charge in [-0.15, -0.1) is 0 Å². The Hall–Kier alpha value is -0.290. The summed E-state index contributed by atoms with van der Waals surface area (Å²) in [4.78, 5) is 0. The number of hydrogen-bond acceptors (Lipinski definition) is 2. The molecular formula is C15H26F3NO. The van der Waals surface area contributed by atoms with Crippen LogP contribution >= 0.6 is 0 Å². The van der Waals surface area contributed by atoms with Gasteiger partial charge in [-0.2, -0.15) is 13.2 Å². The van der Waals surface area contributed by atoms with E-state index in [2.05, 4.69) is 12.2 Å². The summed E-state index contributed by atoms with van der Waals surface area (Å²) >= 11 is 0. The van der Waals surface area contributed by atoms with Gasteiger partial charge in [0, 0.05) is 12.6 Å². The molecule has 2 aliphatic carbocycles. The molecule has 0 amide bonds. The normalized spacial score (nSPS) is 39.8. The lowest BCUT2D eigenvalue weighted by Gasteiger charge is -2.38. The first-order chi connectivity index (χ1) is 9.28. The van der Waals surface area contributed by atoms with Crippen LogP contribution in [0.4, 0.5) is 13.2 Å². The van der Waals surface area contributed by atoms with Crippen molar-refractivity contribution in [3.05, 3.63) is 0 Å². The summed E-state index contributed by atoms with van der Waals surface area (Å²) in [6.07, 6.45) is 1.29. The van der Waals surface area contributed by atoms with Crippen LogP contribution in [0.3, 0.4) is 0 Å². The van der Waals surface area contributed by atoms with E-state index in [9.17, 15) is 18.3 Å². The van der Waals surface area contributed by atoms with Gasteiger partial charge in [-0.3, -0.25) is 0 Å². The van der Waals surface area contributed by atoms with Crippen LogP contribution in [0.25, 0.3) is 0 Å². The Morgan fingerprint density at radius 2 is 1.80 bits per heavy atom. The van der Waals surface area contributed by atoms with Crippen LogP contribution in [0.2, 0.25) is 0 Å². The van der Waals surface area contributed by atoms with Gasteiger partial charge in [0.2, 0.25) is 0 Å². The second kappa shape index (κ2) is 6.22. The number of hydrogen-bond donors (Lipinski definition) is 2. The Balaban J connectivity index is 1.79. The zero-order valence-electron chi connectivity index (χ0n) is 12.2. The Bertz CT molecular complexity index is 311. The molecule has 0 aromatic heterocycles. The second-order valence-corrected chi connectivity index (χ2v) is 6.89. The Morgan fingerprint density at radius 1 is 1.15 bits per heavy atom. The quantitative estimate of drug-likeness (QED) is 0.832. The highest BCUT2D eigenvalue weighted by molar-refractivity contribution is 4.89. The van der Waals surface area contributed by atoms with Crippen LogP contribution in [0.15, 0.2) is 0 Å². The third-order valence-corrected chi connectivity index (χ3v) is 5.06. The van der Waals surface area contributed by atoms with E-state index in [1.165, 1.54) is 0 Å². The van der Waals surface area contributed by atoms with Crippen LogP contribution in [0.1, 0.15) is 58.3 Å². The molecule has 2 rings (SSSR count). The van der Waals surface area contributed by atoms with E-state index in [4.69, 9.17) is 0 Å². The molecule has 2 nitrogen and oxygen atoms in total.